The first kappa shape index (κ1) is 19.5. The number of aromatic nitrogens is 2. The smallest absolute Gasteiger partial charge is 0.283 e. The van der Waals surface area contributed by atoms with Crippen LogP contribution in [0.3, 0.4) is 0 Å². The first-order valence-electron chi connectivity index (χ1n) is 8.63. The van der Waals surface area contributed by atoms with E-state index in [0.29, 0.717) is 18.0 Å². The van der Waals surface area contributed by atoms with Crippen LogP contribution in [0.4, 0.5) is 0 Å². The predicted octanol–water partition coefficient (Wildman–Crippen LogP) is 4.21. The second-order valence-electron chi connectivity index (χ2n) is 7.39. The number of unbranched alkanes of at least 4 members (excludes halogenated alkanes) is 1. The fourth-order valence-electron chi connectivity index (χ4n) is 2.66. The molecule has 0 atom stereocenters. The fraction of sp³-hybridized carbons (Fsp3) is 0.526. The highest BCUT2D eigenvalue weighted by molar-refractivity contribution is 7.89. The average Bonchev–Trinajstić information content (AvgIpc) is 2.86. The lowest BCUT2D eigenvalue weighted by Gasteiger charge is -2.24. The molecule has 0 saturated carbocycles. The summed E-state index contributed by atoms with van der Waals surface area (Å²) in [6.45, 7) is 12.4. The summed E-state index contributed by atoms with van der Waals surface area (Å²) in [5.41, 5.74) is 1.92. The monoisotopic (exact) mass is 364 g/mol. The SMILES string of the molecule is CCCCOc1ccc(S(=O)(=O)n2nc(C)cc2C)cc1C(C)(C)C. The molecule has 5 nitrogen and oxygen atoms in total. The maximum Gasteiger partial charge on any atom is 0.283 e. The lowest BCUT2D eigenvalue weighted by molar-refractivity contribution is 0.301. The van der Waals surface area contributed by atoms with Crippen molar-refractivity contribution in [2.24, 2.45) is 0 Å². The third kappa shape index (κ3) is 4.24. The van der Waals surface area contributed by atoms with E-state index in [-0.39, 0.29) is 10.3 Å². The second kappa shape index (κ2) is 7.20. The molecule has 0 saturated heterocycles. The zero-order valence-electron chi connectivity index (χ0n) is 16.0. The van der Waals surface area contributed by atoms with Crippen LogP contribution in [0.5, 0.6) is 5.75 Å². The molecule has 0 radical (unpaired) electrons. The van der Waals surface area contributed by atoms with Crippen molar-refractivity contribution in [2.75, 3.05) is 6.61 Å². The van der Waals surface area contributed by atoms with Gasteiger partial charge in [-0.25, -0.2) is 0 Å². The predicted molar refractivity (Wildman–Crippen MR) is 99.8 cm³/mol. The molecule has 138 valence electrons. The Labute approximate surface area is 151 Å². The number of benzene rings is 1. The molecule has 0 N–H and O–H groups in total. The summed E-state index contributed by atoms with van der Waals surface area (Å²) in [7, 11) is -3.72. The number of nitrogens with zero attached hydrogens (tertiary/aromatic N) is 2. The summed E-state index contributed by atoms with van der Waals surface area (Å²) in [5, 5.41) is 4.13. The summed E-state index contributed by atoms with van der Waals surface area (Å²) in [6, 6.07) is 6.83. The highest BCUT2D eigenvalue weighted by Gasteiger charge is 2.25. The third-order valence-electron chi connectivity index (χ3n) is 4.01. The van der Waals surface area contributed by atoms with Crippen molar-refractivity contribution >= 4 is 10.0 Å². The van der Waals surface area contributed by atoms with E-state index in [0.717, 1.165) is 28.2 Å². The van der Waals surface area contributed by atoms with E-state index in [1.165, 1.54) is 0 Å². The third-order valence-corrected chi connectivity index (χ3v) is 5.68. The number of hydrogen-bond donors (Lipinski definition) is 0. The van der Waals surface area contributed by atoms with Gasteiger partial charge in [0.05, 0.1) is 22.9 Å². The van der Waals surface area contributed by atoms with Gasteiger partial charge in [-0.15, -0.1) is 0 Å². The standard InChI is InChI=1S/C19H28N2O3S/c1-7-8-11-24-18-10-9-16(13-17(18)19(4,5)6)25(22,23)21-15(3)12-14(2)20-21/h9-10,12-13H,7-8,11H2,1-6H3. The van der Waals surface area contributed by atoms with Crippen LogP contribution in [-0.2, 0) is 15.4 Å². The van der Waals surface area contributed by atoms with Gasteiger partial charge in [0.2, 0.25) is 0 Å². The van der Waals surface area contributed by atoms with Gasteiger partial charge in [0.25, 0.3) is 10.0 Å². The minimum atomic E-state index is -3.72. The molecule has 25 heavy (non-hydrogen) atoms. The molecule has 0 bridgehead atoms. The van der Waals surface area contributed by atoms with Crippen LogP contribution in [-0.4, -0.2) is 24.2 Å². The quantitative estimate of drug-likeness (QED) is 0.720. The van der Waals surface area contributed by atoms with Crippen LogP contribution < -0.4 is 4.74 Å². The van der Waals surface area contributed by atoms with Crippen molar-refractivity contribution in [3.8, 4) is 5.75 Å². The van der Waals surface area contributed by atoms with Gasteiger partial charge >= 0.3 is 0 Å². The molecule has 0 aliphatic rings. The van der Waals surface area contributed by atoms with Crippen LogP contribution in [0.25, 0.3) is 0 Å². The normalized spacial score (nSPS) is 12.4. The van der Waals surface area contributed by atoms with Gasteiger partial charge in [-0.1, -0.05) is 34.1 Å². The van der Waals surface area contributed by atoms with E-state index in [4.69, 9.17) is 4.74 Å². The number of ether oxygens (including phenoxy) is 1. The summed E-state index contributed by atoms with van der Waals surface area (Å²) in [5.74, 6) is 0.744. The molecule has 0 unspecified atom stereocenters. The van der Waals surface area contributed by atoms with Gasteiger partial charge < -0.3 is 4.74 Å². The van der Waals surface area contributed by atoms with E-state index in [2.05, 4.69) is 32.8 Å². The molecule has 2 aromatic rings. The minimum absolute atomic E-state index is 0.228. The Hall–Kier alpha value is -1.82. The molecule has 0 aliphatic carbocycles. The zero-order chi connectivity index (χ0) is 18.8. The van der Waals surface area contributed by atoms with Gasteiger partial charge in [0.1, 0.15) is 5.75 Å². The molecular formula is C19H28N2O3S. The van der Waals surface area contributed by atoms with Gasteiger partial charge in [0, 0.05) is 5.56 Å². The summed E-state index contributed by atoms with van der Waals surface area (Å²) in [6.07, 6.45) is 2.02. The first-order valence-corrected chi connectivity index (χ1v) is 10.1. The topological polar surface area (TPSA) is 61.2 Å². The Morgan fingerprint density at radius 3 is 2.36 bits per heavy atom. The van der Waals surface area contributed by atoms with E-state index in [9.17, 15) is 8.42 Å². The first-order chi connectivity index (χ1) is 11.6. The number of hydrogen-bond acceptors (Lipinski definition) is 4. The molecule has 0 fully saturated rings. The number of aryl methyl sites for hydroxylation is 2. The molecule has 1 aromatic heterocycles. The van der Waals surface area contributed by atoms with Gasteiger partial charge in [-0.3, -0.25) is 0 Å². The van der Waals surface area contributed by atoms with E-state index >= 15 is 0 Å². The van der Waals surface area contributed by atoms with Crippen LogP contribution >= 0.6 is 0 Å². The van der Waals surface area contributed by atoms with E-state index in [1.54, 1.807) is 38.1 Å². The molecule has 1 aromatic carbocycles. The summed E-state index contributed by atoms with van der Waals surface area (Å²) < 4.78 is 32.9. The lowest BCUT2D eigenvalue weighted by Crippen LogP contribution is -2.19. The maximum absolute atomic E-state index is 13.0. The lowest BCUT2D eigenvalue weighted by atomic mass is 9.86. The Bertz CT molecular complexity index is 846. The molecule has 0 aliphatic heterocycles. The summed E-state index contributed by atoms with van der Waals surface area (Å²) in [4.78, 5) is 0.228. The Morgan fingerprint density at radius 2 is 1.84 bits per heavy atom. The van der Waals surface area contributed by atoms with Gasteiger partial charge in [-0.05, 0) is 49.9 Å². The highest BCUT2D eigenvalue weighted by atomic mass is 32.2. The van der Waals surface area contributed by atoms with Crippen LogP contribution in [0, 0.1) is 13.8 Å². The minimum Gasteiger partial charge on any atom is -0.493 e. The molecule has 2 rings (SSSR count). The van der Waals surface area contributed by atoms with Crippen molar-refractivity contribution in [1.82, 2.24) is 9.19 Å². The van der Waals surface area contributed by atoms with Crippen molar-refractivity contribution in [1.29, 1.82) is 0 Å². The zero-order valence-corrected chi connectivity index (χ0v) is 16.8. The van der Waals surface area contributed by atoms with Crippen molar-refractivity contribution < 1.29 is 13.2 Å². The Kier molecular flexibility index (Phi) is 5.62. The van der Waals surface area contributed by atoms with Crippen LogP contribution in [0.2, 0.25) is 0 Å². The average molecular weight is 365 g/mol. The van der Waals surface area contributed by atoms with Crippen molar-refractivity contribution in [2.45, 2.75) is 64.7 Å². The molecule has 0 spiro atoms. The summed E-state index contributed by atoms with van der Waals surface area (Å²) >= 11 is 0. The Morgan fingerprint density at radius 1 is 1.16 bits per heavy atom. The van der Waals surface area contributed by atoms with E-state index < -0.39 is 10.0 Å². The molecular weight excluding hydrogens is 336 g/mol. The largest absolute Gasteiger partial charge is 0.493 e. The molecule has 0 amide bonds. The highest BCUT2D eigenvalue weighted by Crippen LogP contribution is 2.34. The Balaban J connectivity index is 2.51. The van der Waals surface area contributed by atoms with Crippen LogP contribution in [0.1, 0.15) is 57.5 Å². The van der Waals surface area contributed by atoms with Crippen molar-refractivity contribution in [3.05, 3.63) is 41.2 Å². The fourth-order valence-corrected chi connectivity index (χ4v) is 4.03. The number of rotatable bonds is 6. The van der Waals surface area contributed by atoms with Gasteiger partial charge in [0.15, 0.2) is 0 Å². The molecule has 6 heteroatoms. The van der Waals surface area contributed by atoms with Gasteiger partial charge in [-0.2, -0.15) is 17.6 Å². The maximum atomic E-state index is 13.0. The van der Waals surface area contributed by atoms with E-state index in [1.807, 2.05) is 0 Å². The van der Waals surface area contributed by atoms with Crippen LogP contribution in [0.15, 0.2) is 29.2 Å². The molecule has 1 heterocycles. The van der Waals surface area contributed by atoms with Crippen molar-refractivity contribution in [3.63, 3.8) is 0 Å². The second-order valence-corrected chi connectivity index (χ2v) is 9.15.